The molecule has 3 N–H and O–H groups in total. The van der Waals surface area contributed by atoms with Crippen molar-refractivity contribution in [2.45, 2.75) is 18.5 Å². The van der Waals surface area contributed by atoms with Crippen molar-refractivity contribution in [3.8, 4) is 11.1 Å². The highest BCUT2D eigenvalue weighted by atomic mass is 32.2. The van der Waals surface area contributed by atoms with Crippen molar-refractivity contribution in [2.75, 3.05) is 4.72 Å². The summed E-state index contributed by atoms with van der Waals surface area (Å²) in [5.74, 6) is 0.567. The Morgan fingerprint density at radius 3 is 2.41 bits per heavy atom. The summed E-state index contributed by atoms with van der Waals surface area (Å²) in [6, 6.07) is 18.8. The highest BCUT2D eigenvalue weighted by Crippen LogP contribution is 2.30. The summed E-state index contributed by atoms with van der Waals surface area (Å²) in [4.78, 5) is 7.74. The first-order valence-corrected chi connectivity index (χ1v) is 11.7. The molecule has 0 saturated heterocycles. The van der Waals surface area contributed by atoms with Gasteiger partial charge in [-0.25, -0.2) is 4.98 Å². The van der Waals surface area contributed by atoms with Gasteiger partial charge in [0.25, 0.3) is 0 Å². The number of fused-ring (bicyclic) bond motifs is 1. The number of alkyl halides is 3. The second kappa shape index (κ2) is 8.96. The van der Waals surface area contributed by atoms with Gasteiger partial charge in [0.15, 0.2) is 0 Å². The first-order chi connectivity index (χ1) is 16.0. The fourth-order valence-electron chi connectivity index (χ4n) is 3.45. The van der Waals surface area contributed by atoms with Crippen LogP contribution >= 0.6 is 0 Å². The maximum atomic E-state index is 12.5. The van der Waals surface area contributed by atoms with Crippen LogP contribution in [0.2, 0.25) is 0 Å². The number of halogens is 3. The van der Waals surface area contributed by atoms with Crippen molar-refractivity contribution in [3.63, 3.8) is 0 Å². The molecule has 0 fully saturated rings. The van der Waals surface area contributed by atoms with Gasteiger partial charge in [0.05, 0.1) is 17.1 Å². The molecule has 3 aromatic carbocycles. The SMILES string of the molecule is CC(O)c1ccccc1-c1ccc2[nH]c(C=Cc3ccc(NS(=O)(=O)C(F)(F)F)cc3)nc2c1. The van der Waals surface area contributed by atoms with Crippen LogP contribution in [0.25, 0.3) is 34.3 Å². The molecule has 1 aromatic heterocycles. The molecule has 1 atom stereocenters. The summed E-state index contributed by atoms with van der Waals surface area (Å²) in [7, 11) is -5.46. The Kier molecular flexibility index (Phi) is 6.20. The maximum absolute atomic E-state index is 12.5. The van der Waals surface area contributed by atoms with Gasteiger partial charge < -0.3 is 10.1 Å². The van der Waals surface area contributed by atoms with Crippen LogP contribution in [0, 0.1) is 0 Å². The van der Waals surface area contributed by atoms with Crippen molar-refractivity contribution in [3.05, 3.63) is 83.7 Å². The third-order valence-corrected chi connectivity index (χ3v) is 6.24. The number of anilines is 1. The van der Waals surface area contributed by atoms with E-state index in [4.69, 9.17) is 0 Å². The molecule has 4 aromatic rings. The van der Waals surface area contributed by atoms with Crippen LogP contribution in [0.3, 0.4) is 0 Å². The third kappa shape index (κ3) is 4.97. The number of aromatic nitrogens is 2. The lowest BCUT2D eigenvalue weighted by Gasteiger charge is -2.11. The van der Waals surface area contributed by atoms with Gasteiger partial charge in [0, 0.05) is 5.69 Å². The zero-order chi connectivity index (χ0) is 24.5. The molecule has 0 radical (unpaired) electrons. The second-order valence-corrected chi connectivity index (χ2v) is 9.30. The van der Waals surface area contributed by atoms with Gasteiger partial charge in [-0.15, -0.1) is 0 Å². The van der Waals surface area contributed by atoms with Crippen molar-refractivity contribution in [2.24, 2.45) is 0 Å². The molecule has 0 saturated carbocycles. The van der Waals surface area contributed by atoms with Crippen molar-refractivity contribution < 1.29 is 26.7 Å². The zero-order valence-corrected chi connectivity index (χ0v) is 18.7. The normalized spacial score (nSPS) is 13.4. The first-order valence-electron chi connectivity index (χ1n) is 10.2. The van der Waals surface area contributed by atoms with E-state index in [0.29, 0.717) is 11.4 Å². The van der Waals surface area contributed by atoms with Gasteiger partial charge in [-0.3, -0.25) is 4.72 Å². The number of benzene rings is 3. The van der Waals surface area contributed by atoms with E-state index < -0.39 is 21.6 Å². The Bertz CT molecular complexity index is 1460. The highest BCUT2D eigenvalue weighted by molar-refractivity contribution is 7.93. The molecule has 6 nitrogen and oxygen atoms in total. The van der Waals surface area contributed by atoms with Gasteiger partial charge in [-0.05, 0) is 59.5 Å². The van der Waals surface area contributed by atoms with Gasteiger partial charge in [0.2, 0.25) is 0 Å². The molecule has 10 heteroatoms. The Hall–Kier alpha value is -3.63. The number of aromatic amines is 1. The molecular weight excluding hydrogens is 467 g/mol. The monoisotopic (exact) mass is 487 g/mol. The van der Waals surface area contributed by atoms with E-state index in [1.807, 2.05) is 42.5 Å². The number of aliphatic hydroxyl groups excluding tert-OH is 1. The fourth-order valence-corrected chi connectivity index (χ4v) is 4.01. The molecule has 0 spiro atoms. The van der Waals surface area contributed by atoms with Gasteiger partial charge in [-0.2, -0.15) is 21.6 Å². The summed E-state index contributed by atoms with van der Waals surface area (Å²) in [5.41, 5.74) is -0.734. The zero-order valence-electron chi connectivity index (χ0n) is 17.8. The standard InChI is InChI=1S/C24H20F3N3O3S/c1-15(31)19-4-2-3-5-20(19)17-9-12-21-22(14-17)29-23(28-21)13-8-16-6-10-18(11-7-16)30-34(32,33)24(25,26)27/h2-15,30-31H,1H3,(H,28,29). The Balaban J connectivity index is 1.54. The molecule has 1 heterocycles. The number of aliphatic hydroxyl groups is 1. The molecule has 34 heavy (non-hydrogen) atoms. The van der Waals surface area contributed by atoms with E-state index in [1.165, 1.54) is 29.0 Å². The number of rotatable bonds is 6. The summed E-state index contributed by atoms with van der Waals surface area (Å²) >= 11 is 0. The number of nitrogens with zero attached hydrogens (tertiary/aromatic N) is 1. The topological polar surface area (TPSA) is 95.1 Å². The van der Waals surface area contributed by atoms with Crippen molar-refractivity contribution in [1.29, 1.82) is 0 Å². The average Bonchev–Trinajstić information content (AvgIpc) is 3.20. The highest BCUT2D eigenvalue weighted by Gasteiger charge is 2.45. The second-order valence-electron chi connectivity index (χ2n) is 7.62. The molecule has 0 aliphatic carbocycles. The molecule has 4 rings (SSSR count). The number of hydrogen-bond acceptors (Lipinski definition) is 4. The Morgan fingerprint density at radius 1 is 1.03 bits per heavy atom. The van der Waals surface area contributed by atoms with Crippen LogP contribution in [0.15, 0.2) is 66.7 Å². The minimum atomic E-state index is -5.46. The van der Waals surface area contributed by atoms with Crippen molar-refractivity contribution in [1.82, 2.24) is 9.97 Å². The molecule has 1 unspecified atom stereocenters. The lowest BCUT2D eigenvalue weighted by atomic mass is 9.96. The molecular formula is C24H20F3N3O3S. The number of hydrogen-bond donors (Lipinski definition) is 3. The molecule has 0 amide bonds. The third-order valence-electron chi connectivity index (χ3n) is 5.12. The van der Waals surface area contributed by atoms with E-state index in [2.05, 4.69) is 9.97 Å². The van der Waals surface area contributed by atoms with Gasteiger partial charge in [-0.1, -0.05) is 48.5 Å². The van der Waals surface area contributed by atoms with E-state index in [1.54, 1.807) is 19.1 Å². The number of nitrogens with one attached hydrogen (secondary N) is 2. The van der Waals surface area contributed by atoms with Gasteiger partial charge in [0.1, 0.15) is 5.82 Å². The Morgan fingerprint density at radius 2 is 1.74 bits per heavy atom. The minimum absolute atomic E-state index is 0.191. The smallest absolute Gasteiger partial charge is 0.389 e. The molecule has 0 bridgehead atoms. The fraction of sp³-hybridized carbons (Fsp3) is 0.125. The van der Waals surface area contributed by atoms with Crippen molar-refractivity contribution >= 4 is 38.9 Å². The van der Waals surface area contributed by atoms with Crippen LogP contribution in [0.4, 0.5) is 18.9 Å². The predicted octanol–water partition coefficient (Wildman–Crippen LogP) is 5.72. The molecule has 0 aliphatic heterocycles. The lowest BCUT2D eigenvalue weighted by Crippen LogP contribution is -2.29. The van der Waals surface area contributed by atoms with Gasteiger partial charge >= 0.3 is 15.5 Å². The predicted molar refractivity (Wildman–Crippen MR) is 126 cm³/mol. The minimum Gasteiger partial charge on any atom is -0.389 e. The number of imidazole rings is 1. The maximum Gasteiger partial charge on any atom is 0.516 e. The van der Waals surface area contributed by atoms with Crippen LogP contribution in [-0.4, -0.2) is 29.0 Å². The summed E-state index contributed by atoms with van der Waals surface area (Å²) in [6.45, 7) is 1.71. The number of sulfonamides is 1. The van der Waals surface area contributed by atoms with E-state index >= 15 is 0 Å². The average molecular weight is 488 g/mol. The van der Waals surface area contributed by atoms with E-state index in [0.717, 1.165) is 27.7 Å². The molecule has 176 valence electrons. The van der Waals surface area contributed by atoms with Crippen LogP contribution in [-0.2, 0) is 10.0 Å². The summed E-state index contributed by atoms with van der Waals surface area (Å²) in [6.07, 6.45) is 2.79. The van der Waals surface area contributed by atoms with Crippen LogP contribution in [0.5, 0.6) is 0 Å². The Labute approximate surface area is 193 Å². The van der Waals surface area contributed by atoms with E-state index in [-0.39, 0.29) is 5.69 Å². The quantitative estimate of drug-likeness (QED) is 0.324. The summed E-state index contributed by atoms with van der Waals surface area (Å²) < 4.78 is 61.3. The summed E-state index contributed by atoms with van der Waals surface area (Å²) in [5, 5.41) is 10.1. The van der Waals surface area contributed by atoms with E-state index in [9.17, 15) is 26.7 Å². The lowest BCUT2D eigenvalue weighted by molar-refractivity contribution is -0.0429. The largest absolute Gasteiger partial charge is 0.516 e. The van der Waals surface area contributed by atoms with Crippen LogP contribution in [0.1, 0.15) is 30.0 Å². The molecule has 0 aliphatic rings. The first kappa shape index (κ1) is 23.5. The van der Waals surface area contributed by atoms with Crippen LogP contribution < -0.4 is 4.72 Å². The number of H-pyrrole nitrogens is 1.